The Kier molecular flexibility index (Phi) is 6.22. The van der Waals surface area contributed by atoms with E-state index in [0.29, 0.717) is 37.6 Å². The van der Waals surface area contributed by atoms with Crippen LogP contribution in [0.5, 0.6) is 0 Å². The summed E-state index contributed by atoms with van der Waals surface area (Å²) in [5.41, 5.74) is 0.816. The van der Waals surface area contributed by atoms with Crippen molar-refractivity contribution in [2.75, 3.05) is 31.1 Å². The first-order valence-electron chi connectivity index (χ1n) is 11.6. The third-order valence-electron chi connectivity index (χ3n) is 6.37. The average molecular weight is 493 g/mol. The molecule has 0 spiro atoms. The number of halogens is 3. The maximum absolute atomic E-state index is 13.0. The van der Waals surface area contributed by atoms with Crippen molar-refractivity contribution in [1.29, 1.82) is 0 Å². The van der Waals surface area contributed by atoms with E-state index in [1.165, 1.54) is 12.1 Å². The zero-order valence-corrected chi connectivity index (χ0v) is 19.3. The number of nitrogens with zero attached hydrogens (tertiary/aromatic N) is 4. The lowest BCUT2D eigenvalue weighted by Crippen LogP contribution is -2.50. The summed E-state index contributed by atoms with van der Waals surface area (Å²) in [6, 6.07) is 22.0. The number of aromatic nitrogens is 2. The molecule has 6 nitrogen and oxygen atoms in total. The molecular formula is C27H23F3N4O2. The van der Waals surface area contributed by atoms with E-state index in [4.69, 9.17) is 0 Å². The molecule has 5 rings (SSSR count). The van der Waals surface area contributed by atoms with Crippen molar-refractivity contribution >= 4 is 22.4 Å². The predicted molar refractivity (Wildman–Crippen MR) is 132 cm³/mol. The van der Waals surface area contributed by atoms with E-state index >= 15 is 0 Å². The second kappa shape index (κ2) is 9.49. The van der Waals surface area contributed by atoms with Crippen molar-refractivity contribution in [3.05, 3.63) is 94.8 Å². The van der Waals surface area contributed by atoms with Crippen LogP contribution in [0.15, 0.2) is 83.7 Å². The van der Waals surface area contributed by atoms with Crippen LogP contribution in [-0.4, -0.2) is 46.8 Å². The molecule has 0 bridgehead atoms. The monoisotopic (exact) mass is 492 g/mol. The van der Waals surface area contributed by atoms with Crippen LogP contribution in [0.4, 0.5) is 18.9 Å². The second-order valence-electron chi connectivity index (χ2n) is 8.69. The molecule has 0 aliphatic carbocycles. The molecule has 0 atom stereocenters. The van der Waals surface area contributed by atoms with Crippen LogP contribution in [-0.2, 0) is 17.5 Å². The number of anilines is 1. The molecule has 0 unspecified atom stereocenters. The molecule has 0 radical (unpaired) electrons. The minimum Gasteiger partial charge on any atom is -0.368 e. The lowest BCUT2D eigenvalue weighted by atomic mass is 10.1. The Labute approximate surface area is 205 Å². The number of carbonyl (C=O) groups is 1. The van der Waals surface area contributed by atoms with Gasteiger partial charge >= 0.3 is 6.18 Å². The Morgan fingerprint density at radius 1 is 0.833 bits per heavy atom. The average Bonchev–Trinajstić information content (AvgIpc) is 2.89. The van der Waals surface area contributed by atoms with E-state index in [2.05, 4.69) is 5.10 Å². The third-order valence-corrected chi connectivity index (χ3v) is 6.37. The third kappa shape index (κ3) is 4.95. The van der Waals surface area contributed by atoms with Crippen molar-refractivity contribution < 1.29 is 18.0 Å². The number of hydrogen-bond acceptors (Lipinski definition) is 4. The largest absolute Gasteiger partial charge is 0.416 e. The summed E-state index contributed by atoms with van der Waals surface area (Å²) in [5, 5.41) is 6.56. The molecule has 0 N–H and O–H groups in total. The van der Waals surface area contributed by atoms with Gasteiger partial charge in [-0.05, 0) is 41.1 Å². The molecular weight excluding hydrogens is 469 g/mol. The van der Waals surface area contributed by atoms with E-state index in [9.17, 15) is 22.8 Å². The van der Waals surface area contributed by atoms with Crippen LogP contribution in [0.3, 0.4) is 0 Å². The fourth-order valence-electron chi connectivity index (χ4n) is 4.39. The van der Waals surface area contributed by atoms with Crippen LogP contribution in [0.25, 0.3) is 22.0 Å². The maximum Gasteiger partial charge on any atom is 0.416 e. The molecule has 184 valence electrons. The van der Waals surface area contributed by atoms with Crippen LogP contribution < -0.4 is 10.5 Å². The normalized spacial score (nSPS) is 14.3. The summed E-state index contributed by atoms with van der Waals surface area (Å²) in [5.74, 6) is -0.260. The van der Waals surface area contributed by atoms with E-state index in [1.54, 1.807) is 17.0 Å². The van der Waals surface area contributed by atoms with E-state index in [0.717, 1.165) is 33.2 Å². The molecule has 1 aliphatic heterocycles. The zero-order chi connectivity index (χ0) is 25.3. The second-order valence-corrected chi connectivity index (χ2v) is 8.69. The highest BCUT2D eigenvalue weighted by Gasteiger charge is 2.31. The van der Waals surface area contributed by atoms with E-state index in [-0.39, 0.29) is 18.0 Å². The topological polar surface area (TPSA) is 58.4 Å². The smallest absolute Gasteiger partial charge is 0.368 e. The first-order valence-corrected chi connectivity index (χ1v) is 11.6. The highest BCUT2D eigenvalue weighted by molar-refractivity contribution is 5.86. The molecule has 4 aromatic rings. The van der Waals surface area contributed by atoms with Crippen molar-refractivity contribution in [3.8, 4) is 11.3 Å². The van der Waals surface area contributed by atoms with Crippen molar-refractivity contribution in [3.63, 3.8) is 0 Å². The summed E-state index contributed by atoms with van der Waals surface area (Å²) in [4.78, 5) is 28.8. The van der Waals surface area contributed by atoms with Gasteiger partial charge in [-0.1, -0.05) is 42.5 Å². The Bertz CT molecular complexity index is 1470. The van der Waals surface area contributed by atoms with Crippen LogP contribution in [0, 0.1) is 0 Å². The van der Waals surface area contributed by atoms with Gasteiger partial charge in [0, 0.05) is 43.5 Å². The molecule has 9 heteroatoms. The van der Waals surface area contributed by atoms with Gasteiger partial charge in [-0.3, -0.25) is 9.59 Å². The Morgan fingerprint density at radius 2 is 1.58 bits per heavy atom. The Balaban J connectivity index is 1.27. The SMILES string of the molecule is O=C(Cn1nc(-c2ccc3ccccc3c2)ccc1=O)N1CCN(c2cccc(C(F)(F)F)c2)CC1. The van der Waals surface area contributed by atoms with Gasteiger partial charge in [0.15, 0.2) is 0 Å². The Hall–Kier alpha value is -4.14. The molecule has 0 saturated carbocycles. The number of alkyl halides is 3. The molecule has 2 heterocycles. The van der Waals surface area contributed by atoms with Gasteiger partial charge in [0.2, 0.25) is 5.91 Å². The van der Waals surface area contributed by atoms with Gasteiger partial charge in [-0.2, -0.15) is 18.3 Å². The highest BCUT2D eigenvalue weighted by atomic mass is 19.4. The van der Waals surface area contributed by atoms with Gasteiger partial charge < -0.3 is 9.80 Å². The number of fused-ring (bicyclic) bond motifs is 1. The lowest BCUT2D eigenvalue weighted by Gasteiger charge is -2.36. The fourth-order valence-corrected chi connectivity index (χ4v) is 4.39. The minimum atomic E-state index is -4.41. The quantitative estimate of drug-likeness (QED) is 0.423. The van der Waals surface area contributed by atoms with Gasteiger partial charge in [-0.25, -0.2) is 4.68 Å². The van der Waals surface area contributed by atoms with Gasteiger partial charge in [0.1, 0.15) is 6.54 Å². The molecule has 1 amide bonds. The van der Waals surface area contributed by atoms with Crippen molar-refractivity contribution in [1.82, 2.24) is 14.7 Å². The number of carbonyl (C=O) groups excluding carboxylic acids is 1. The maximum atomic E-state index is 13.0. The highest BCUT2D eigenvalue weighted by Crippen LogP contribution is 2.32. The first-order chi connectivity index (χ1) is 17.3. The van der Waals surface area contributed by atoms with Gasteiger partial charge in [0.05, 0.1) is 11.3 Å². The lowest BCUT2D eigenvalue weighted by molar-refractivity contribution is -0.137. The van der Waals surface area contributed by atoms with E-state index < -0.39 is 11.7 Å². The fraction of sp³-hybridized carbons (Fsp3) is 0.222. The number of benzene rings is 3. The number of piperazine rings is 1. The van der Waals surface area contributed by atoms with E-state index in [1.807, 2.05) is 47.4 Å². The summed E-state index contributed by atoms with van der Waals surface area (Å²) in [7, 11) is 0. The minimum absolute atomic E-state index is 0.205. The van der Waals surface area contributed by atoms with Gasteiger partial charge in [-0.15, -0.1) is 0 Å². The summed E-state index contributed by atoms with van der Waals surface area (Å²) in [6.07, 6.45) is -4.41. The molecule has 36 heavy (non-hydrogen) atoms. The number of amides is 1. The summed E-state index contributed by atoms with van der Waals surface area (Å²) in [6.45, 7) is 1.27. The summed E-state index contributed by atoms with van der Waals surface area (Å²) >= 11 is 0. The first kappa shape index (κ1) is 23.6. The van der Waals surface area contributed by atoms with Gasteiger partial charge in [0.25, 0.3) is 5.56 Å². The van der Waals surface area contributed by atoms with Crippen LogP contribution in [0.2, 0.25) is 0 Å². The zero-order valence-electron chi connectivity index (χ0n) is 19.3. The predicted octanol–water partition coefficient (Wildman–Crippen LogP) is 4.43. The molecule has 1 aliphatic rings. The molecule has 1 saturated heterocycles. The molecule has 1 fully saturated rings. The standard InChI is InChI=1S/C27H23F3N4O2/c28-27(29,30)22-6-3-7-23(17-22)32-12-14-33(15-13-32)26(36)18-34-25(35)11-10-24(31-34)21-9-8-19-4-1-2-5-20(19)16-21/h1-11,16-17H,12-15,18H2. The molecule has 3 aromatic carbocycles. The number of rotatable bonds is 4. The summed E-state index contributed by atoms with van der Waals surface area (Å²) < 4.78 is 40.3. The van der Waals surface area contributed by atoms with Crippen LogP contribution >= 0.6 is 0 Å². The van der Waals surface area contributed by atoms with Crippen molar-refractivity contribution in [2.45, 2.75) is 12.7 Å². The van der Waals surface area contributed by atoms with Crippen molar-refractivity contribution in [2.24, 2.45) is 0 Å². The van der Waals surface area contributed by atoms with Crippen LogP contribution in [0.1, 0.15) is 5.56 Å². The Morgan fingerprint density at radius 3 is 2.33 bits per heavy atom. The number of hydrogen-bond donors (Lipinski definition) is 0. The molecule has 1 aromatic heterocycles.